The van der Waals surface area contributed by atoms with Crippen LogP contribution < -0.4 is 0 Å². The second kappa shape index (κ2) is 31.9. The molecule has 0 saturated carbocycles. The highest BCUT2D eigenvalue weighted by atomic mass is 16.5. The summed E-state index contributed by atoms with van der Waals surface area (Å²) in [7, 11) is 4.28. The summed E-state index contributed by atoms with van der Waals surface area (Å²) in [5.41, 5.74) is 0.395. The Labute approximate surface area is 337 Å². The van der Waals surface area contributed by atoms with Crippen LogP contribution in [0.25, 0.3) is 0 Å². The molecular formula is C50H103NO2. The third-order valence-electron chi connectivity index (χ3n) is 12.9. The van der Waals surface area contributed by atoms with Gasteiger partial charge in [-0.15, -0.1) is 0 Å². The Morgan fingerprint density at radius 1 is 0.472 bits per heavy atom. The molecule has 3 heteroatoms. The summed E-state index contributed by atoms with van der Waals surface area (Å²) in [6, 6.07) is 0.735. The molecule has 0 heterocycles. The van der Waals surface area contributed by atoms with Gasteiger partial charge in [-0.1, -0.05) is 196 Å². The summed E-state index contributed by atoms with van der Waals surface area (Å²) in [4.78, 5) is 2.82. The summed E-state index contributed by atoms with van der Waals surface area (Å²) in [5.74, 6) is 0. The van der Waals surface area contributed by atoms with Crippen LogP contribution in [0.15, 0.2) is 0 Å². The first-order valence-electron chi connectivity index (χ1n) is 24.0. The van der Waals surface area contributed by atoms with Crippen molar-refractivity contribution < 1.29 is 9.47 Å². The quantitative estimate of drug-likeness (QED) is 0.0582. The fourth-order valence-corrected chi connectivity index (χ4v) is 8.68. The van der Waals surface area contributed by atoms with Gasteiger partial charge < -0.3 is 14.4 Å². The van der Waals surface area contributed by atoms with Gasteiger partial charge in [0, 0.05) is 19.7 Å². The summed E-state index contributed by atoms with van der Waals surface area (Å²) >= 11 is 0. The predicted molar refractivity (Wildman–Crippen MR) is 240 cm³/mol. The zero-order valence-electron chi connectivity index (χ0n) is 39.2. The van der Waals surface area contributed by atoms with Crippen molar-refractivity contribution in [3.63, 3.8) is 0 Å². The number of ether oxygens (including phenoxy) is 2. The molecule has 0 amide bonds. The van der Waals surface area contributed by atoms with Crippen molar-refractivity contribution in [1.29, 1.82) is 0 Å². The van der Waals surface area contributed by atoms with Crippen LogP contribution in [0.2, 0.25) is 0 Å². The Kier molecular flexibility index (Phi) is 31.8. The van der Waals surface area contributed by atoms with E-state index in [4.69, 9.17) is 9.47 Å². The second-order valence-electron chi connectivity index (χ2n) is 20.3. The molecule has 3 nitrogen and oxygen atoms in total. The molecular weight excluding hydrogens is 647 g/mol. The highest BCUT2D eigenvalue weighted by molar-refractivity contribution is 4.87. The van der Waals surface area contributed by atoms with Gasteiger partial charge in [-0.05, 0) is 90.5 Å². The molecule has 0 aliphatic rings. The first kappa shape index (κ1) is 52.9. The molecule has 0 bridgehead atoms. The Morgan fingerprint density at radius 3 is 1.21 bits per heavy atom. The van der Waals surface area contributed by atoms with Crippen LogP contribution in [-0.2, 0) is 9.47 Å². The van der Waals surface area contributed by atoms with Crippen LogP contribution in [-0.4, -0.2) is 49.5 Å². The van der Waals surface area contributed by atoms with Crippen molar-refractivity contribution in [2.24, 2.45) is 10.8 Å². The van der Waals surface area contributed by atoms with E-state index < -0.39 is 0 Å². The van der Waals surface area contributed by atoms with Gasteiger partial charge >= 0.3 is 0 Å². The summed E-state index contributed by atoms with van der Waals surface area (Å²) in [5, 5.41) is 0. The molecule has 1 atom stereocenters. The molecule has 53 heavy (non-hydrogen) atoms. The van der Waals surface area contributed by atoms with Crippen LogP contribution in [0.1, 0.15) is 268 Å². The van der Waals surface area contributed by atoms with Gasteiger partial charge in [0.25, 0.3) is 0 Å². The maximum absolute atomic E-state index is 6.42. The summed E-state index contributed by atoms with van der Waals surface area (Å²) < 4.78 is 12.0. The van der Waals surface area contributed by atoms with Crippen LogP contribution in [0.5, 0.6) is 0 Å². The third-order valence-corrected chi connectivity index (χ3v) is 12.9. The normalized spacial score (nSPS) is 14.2. The van der Waals surface area contributed by atoms with Crippen molar-refractivity contribution in [1.82, 2.24) is 4.90 Å². The van der Waals surface area contributed by atoms with Gasteiger partial charge in [-0.3, -0.25) is 0 Å². The Morgan fingerprint density at radius 2 is 0.849 bits per heavy atom. The summed E-state index contributed by atoms with van der Waals surface area (Å²) in [6.07, 6.45) is 43.0. The lowest BCUT2D eigenvalue weighted by Crippen LogP contribution is -2.42. The molecule has 0 spiro atoms. The molecule has 0 aromatic heterocycles. The lowest BCUT2D eigenvalue weighted by atomic mass is 9.69. The third kappa shape index (κ3) is 31.6. The molecule has 0 aromatic rings. The predicted octanol–water partition coefficient (Wildman–Crippen LogP) is 16.7. The average Bonchev–Trinajstić information content (AvgIpc) is 3.10. The Hall–Kier alpha value is -0.120. The standard InChI is InChI=1S/C50H103NO2/c1-13-16-18-20-22-24-26-28-30-32-34-36-38-46(39-37-35-33-31-29-27-25-23-21-19-17-14-2)51(11)45-50(10,15-3)44-47(4,5)40-41-49(8,9)53-43-42-48(6,7)52-12/h46H,13-45H2,1-12H3. The van der Waals surface area contributed by atoms with Crippen molar-refractivity contribution in [2.75, 3.05) is 27.3 Å². The Bertz CT molecular complexity index is 762. The molecule has 0 radical (unpaired) electrons. The number of nitrogens with zero attached hydrogens (tertiary/aromatic N) is 1. The van der Waals surface area contributed by atoms with Gasteiger partial charge in [0.05, 0.1) is 17.8 Å². The van der Waals surface area contributed by atoms with Crippen molar-refractivity contribution in [2.45, 2.75) is 286 Å². The summed E-state index contributed by atoms with van der Waals surface area (Å²) in [6.45, 7) is 25.5. The molecule has 0 N–H and O–H groups in total. The fourth-order valence-electron chi connectivity index (χ4n) is 8.68. The van der Waals surface area contributed by atoms with Crippen molar-refractivity contribution in [3.8, 4) is 0 Å². The lowest BCUT2D eigenvalue weighted by molar-refractivity contribution is -0.0662. The van der Waals surface area contributed by atoms with E-state index in [0.29, 0.717) is 10.8 Å². The Balaban J connectivity index is 4.95. The van der Waals surface area contributed by atoms with Crippen LogP contribution in [0, 0.1) is 10.8 Å². The van der Waals surface area contributed by atoms with E-state index in [1.54, 1.807) is 7.11 Å². The molecule has 0 aliphatic carbocycles. The highest BCUT2D eigenvalue weighted by Crippen LogP contribution is 2.42. The van der Waals surface area contributed by atoms with Crippen LogP contribution >= 0.6 is 0 Å². The van der Waals surface area contributed by atoms with Gasteiger partial charge in [-0.25, -0.2) is 0 Å². The zero-order valence-corrected chi connectivity index (χ0v) is 39.2. The monoisotopic (exact) mass is 750 g/mol. The van der Waals surface area contributed by atoms with Gasteiger partial charge in [0.15, 0.2) is 0 Å². The number of hydrogen-bond donors (Lipinski definition) is 0. The molecule has 0 saturated heterocycles. The van der Waals surface area contributed by atoms with Gasteiger partial charge in [-0.2, -0.15) is 0 Å². The van der Waals surface area contributed by atoms with E-state index in [-0.39, 0.29) is 11.2 Å². The number of unbranched alkanes of at least 4 members (excludes halogenated alkanes) is 22. The van der Waals surface area contributed by atoms with E-state index in [1.807, 2.05) is 0 Å². The first-order valence-corrected chi connectivity index (χ1v) is 24.0. The molecule has 0 aliphatic heterocycles. The maximum Gasteiger partial charge on any atom is 0.0644 e. The van der Waals surface area contributed by atoms with Crippen molar-refractivity contribution in [3.05, 3.63) is 0 Å². The SMILES string of the molecule is CCCCCCCCCCCCCCC(CCCCCCCCCCCCCC)N(C)CC(C)(CC)CC(C)(C)CCC(C)(C)OCCC(C)(C)OC. The van der Waals surface area contributed by atoms with Crippen LogP contribution in [0.4, 0.5) is 0 Å². The highest BCUT2D eigenvalue weighted by Gasteiger charge is 2.35. The minimum atomic E-state index is -0.123. The fraction of sp³-hybridized carbons (Fsp3) is 1.00. The van der Waals surface area contributed by atoms with Crippen LogP contribution in [0.3, 0.4) is 0 Å². The first-order chi connectivity index (χ1) is 25.1. The van der Waals surface area contributed by atoms with Gasteiger partial charge in [0.1, 0.15) is 0 Å². The van der Waals surface area contributed by atoms with E-state index in [0.717, 1.165) is 25.5 Å². The molecule has 0 rings (SSSR count). The molecule has 0 fully saturated rings. The lowest BCUT2D eigenvalue weighted by Gasteiger charge is -2.42. The number of methoxy groups -OCH3 is 1. The molecule has 0 aromatic carbocycles. The van der Waals surface area contributed by atoms with Gasteiger partial charge in [0.2, 0.25) is 0 Å². The number of rotatable bonds is 40. The van der Waals surface area contributed by atoms with E-state index in [2.05, 4.69) is 81.2 Å². The molecule has 320 valence electrons. The largest absolute Gasteiger partial charge is 0.379 e. The smallest absolute Gasteiger partial charge is 0.0644 e. The van der Waals surface area contributed by atoms with E-state index in [1.165, 1.54) is 193 Å². The minimum absolute atomic E-state index is 0.103. The number of hydrogen-bond acceptors (Lipinski definition) is 3. The van der Waals surface area contributed by atoms with E-state index >= 15 is 0 Å². The van der Waals surface area contributed by atoms with Crippen molar-refractivity contribution >= 4 is 0 Å². The topological polar surface area (TPSA) is 21.7 Å². The minimum Gasteiger partial charge on any atom is -0.379 e. The second-order valence-corrected chi connectivity index (χ2v) is 20.3. The molecule has 1 unspecified atom stereocenters. The zero-order chi connectivity index (χ0) is 39.9. The average molecular weight is 750 g/mol. The maximum atomic E-state index is 6.42. The van der Waals surface area contributed by atoms with E-state index in [9.17, 15) is 0 Å².